The molecule has 0 saturated heterocycles. The first-order chi connectivity index (χ1) is 8.69. The number of nitrogens with one attached hydrogen (secondary N) is 1. The summed E-state index contributed by atoms with van der Waals surface area (Å²) in [6, 6.07) is 8.84. The van der Waals surface area contributed by atoms with Gasteiger partial charge in [-0.25, -0.2) is 4.98 Å². The van der Waals surface area contributed by atoms with Crippen molar-refractivity contribution in [1.29, 1.82) is 0 Å². The van der Waals surface area contributed by atoms with Crippen LogP contribution >= 0.6 is 27.3 Å². The number of hydrogen-bond acceptors (Lipinski definition) is 3. The van der Waals surface area contributed by atoms with Crippen molar-refractivity contribution in [2.45, 2.75) is 26.3 Å². The topological polar surface area (TPSA) is 24.9 Å². The van der Waals surface area contributed by atoms with Crippen LogP contribution in [-0.2, 0) is 6.42 Å². The molecule has 2 aromatic rings. The molecule has 1 unspecified atom stereocenters. The Morgan fingerprint density at radius 3 is 2.61 bits per heavy atom. The molecule has 0 aliphatic carbocycles. The number of aromatic nitrogens is 1. The minimum Gasteiger partial charge on any atom is -0.310 e. The van der Waals surface area contributed by atoms with Gasteiger partial charge in [0.25, 0.3) is 0 Å². The summed E-state index contributed by atoms with van der Waals surface area (Å²) in [6.45, 7) is 5.15. The van der Waals surface area contributed by atoms with E-state index in [0.717, 1.165) is 22.4 Å². The van der Waals surface area contributed by atoms with Crippen LogP contribution in [0, 0.1) is 6.92 Å². The van der Waals surface area contributed by atoms with Crippen LogP contribution in [0.25, 0.3) is 0 Å². The second-order valence-electron chi connectivity index (χ2n) is 4.22. The predicted octanol–water partition coefficient (Wildman–Crippen LogP) is 4.11. The fraction of sp³-hybridized carbons (Fsp3) is 0.357. The summed E-state index contributed by atoms with van der Waals surface area (Å²) in [6.07, 6.45) is 0.944. The van der Waals surface area contributed by atoms with Gasteiger partial charge in [-0.1, -0.05) is 35.0 Å². The molecule has 0 spiro atoms. The van der Waals surface area contributed by atoms with Gasteiger partial charge in [-0.3, -0.25) is 0 Å². The SMILES string of the molecule is CCNC(Cc1csc(C)n1)c1ccc(Br)cc1. The Bertz CT molecular complexity index is 493. The molecule has 1 aromatic carbocycles. The number of halogens is 1. The maximum absolute atomic E-state index is 4.55. The summed E-state index contributed by atoms with van der Waals surface area (Å²) in [5, 5.41) is 6.81. The first-order valence-corrected chi connectivity index (χ1v) is 7.76. The van der Waals surface area contributed by atoms with Gasteiger partial charge in [-0.15, -0.1) is 11.3 Å². The number of thiazole rings is 1. The minimum atomic E-state index is 0.338. The molecular formula is C14H17BrN2S. The highest BCUT2D eigenvalue weighted by Gasteiger charge is 2.12. The van der Waals surface area contributed by atoms with Gasteiger partial charge in [-0.2, -0.15) is 0 Å². The lowest BCUT2D eigenvalue weighted by Gasteiger charge is -2.17. The van der Waals surface area contributed by atoms with Crippen LogP contribution < -0.4 is 5.32 Å². The second-order valence-corrected chi connectivity index (χ2v) is 6.20. The monoisotopic (exact) mass is 324 g/mol. The quantitative estimate of drug-likeness (QED) is 0.895. The molecule has 4 heteroatoms. The zero-order valence-corrected chi connectivity index (χ0v) is 13.0. The van der Waals surface area contributed by atoms with E-state index < -0.39 is 0 Å². The van der Waals surface area contributed by atoms with Gasteiger partial charge in [0, 0.05) is 22.3 Å². The maximum Gasteiger partial charge on any atom is 0.0897 e. The van der Waals surface area contributed by atoms with Crippen molar-refractivity contribution < 1.29 is 0 Å². The van der Waals surface area contributed by atoms with Crippen molar-refractivity contribution in [2.24, 2.45) is 0 Å². The minimum absolute atomic E-state index is 0.338. The Hall–Kier alpha value is -0.710. The number of aryl methyl sites for hydroxylation is 1. The van der Waals surface area contributed by atoms with Gasteiger partial charge < -0.3 is 5.32 Å². The van der Waals surface area contributed by atoms with E-state index in [0.29, 0.717) is 6.04 Å². The van der Waals surface area contributed by atoms with Crippen LogP contribution in [0.1, 0.15) is 29.2 Å². The number of rotatable bonds is 5. The highest BCUT2D eigenvalue weighted by molar-refractivity contribution is 9.10. The zero-order valence-electron chi connectivity index (χ0n) is 10.6. The molecule has 2 rings (SSSR count). The highest BCUT2D eigenvalue weighted by atomic mass is 79.9. The normalized spacial score (nSPS) is 12.6. The highest BCUT2D eigenvalue weighted by Crippen LogP contribution is 2.21. The Labute approximate surface area is 121 Å². The molecule has 1 aromatic heterocycles. The molecule has 96 valence electrons. The van der Waals surface area contributed by atoms with Crippen LogP contribution in [0.4, 0.5) is 0 Å². The maximum atomic E-state index is 4.55. The summed E-state index contributed by atoms with van der Waals surface area (Å²) in [7, 11) is 0. The van der Waals surface area contributed by atoms with E-state index in [1.165, 1.54) is 11.3 Å². The molecule has 1 N–H and O–H groups in total. The van der Waals surface area contributed by atoms with E-state index in [1.807, 2.05) is 0 Å². The Morgan fingerprint density at radius 2 is 2.06 bits per heavy atom. The van der Waals surface area contributed by atoms with Crippen molar-refractivity contribution in [1.82, 2.24) is 10.3 Å². The van der Waals surface area contributed by atoms with Crippen molar-refractivity contribution in [2.75, 3.05) is 6.54 Å². The second kappa shape index (κ2) is 6.45. The third-order valence-corrected chi connectivity index (χ3v) is 4.15. The number of nitrogens with zero attached hydrogens (tertiary/aromatic N) is 1. The van der Waals surface area contributed by atoms with Gasteiger partial charge in [-0.05, 0) is 31.2 Å². The molecule has 2 nitrogen and oxygen atoms in total. The van der Waals surface area contributed by atoms with E-state index in [9.17, 15) is 0 Å². The third-order valence-electron chi connectivity index (χ3n) is 2.80. The van der Waals surface area contributed by atoms with Gasteiger partial charge in [0.1, 0.15) is 0 Å². The van der Waals surface area contributed by atoms with E-state index in [1.54, 1.807) is 11.3 Å². The lowest BCUT2D eigenvalue weighted by atomic mass is 10.0. The lowest BCUT2D eigenvalue weighted by molar-refractivity contribution is 0.545. The lowest BCUT2D eigenvalue weighted by Crippen LogP contribution is -2.23. The molecule has 0 bridgehead atoms. The standard InChI is InChI=1S/C14H17BrN2S/c1-3-16-14(8-13-9-18-10(2)17-13)11-4-6-12(15)7-5-11/h4-7,9,14,16H,3,8H2,1-2H3. The summed E-state index contributed by atoms with van der Waals surface area (Å²) in [5.74, 6) is 0. The van der Waals surface area contributed by atoms with Gasteiger partial charge in [0.2, 0.25) is 0 Å². The molecule has 0 fully saturated rings. The molecule has 0 aliphatic rings. The van der Waals surface area contributed by atoms with Crippen molar-refractivity contribution >= 4 is 27.3 Å². The molecule has 0 saturated carbocycles. The first kappa shape index (κ1) is 13.7. The summed E-state index contributed by atoms with van der Waals surface area (Å²) < 4.78 is 1.12. The number of benzene rings is 1. The molecule has 1 atom stereocenters. The summed E-state index contributed by atoms with van der Waals surface area (Å²) in [5.41, 5.74) is 2.48. The molecule has 0 aliphatic heterocycles. The van der Waals surface area contributed by atoms with Gasteiger partial charge >= 0.3 is 0 Å². The fourth-order valence-electron chi connectivity index (χ4n) is 1.96. The van der Waals surface area contributed by atoms with Crippen LogP contribution in [-0.4, -0.2) is 11.5 Å². The smallest absolute Gasteiger partial charge is 0.0897 e. The Morgan fingerprint density at radius 1 is 1.33 bits per heavy atom. The van der Waals surface area contributed by atoms with E-state index in [-0.39, 0.29) is 0 Å². The van der Waals surface area contributed by atoms with E-state index in [2.05, 4.69) is 69.7 Å². The molecule has 18 heavy (non-hydrogen) atoms. The zero-order chi connectivity index (χ0) is 13.0. The molecule has 0 amide bonds. The average molecular weight is 325 g/mol. The summed E-state index contributed by atoms with van der Waals surface area (Å²) >= 11 is 5.19. The predicted molar refractivity (Wildman–Crippen MR) is 81.1 cm³/mol. The molecule has 0 radical (unpaired) electrons. The molecular weight excluding hydrogens is 308 g/mol. The van der Waals surface area contributed by atoms with Crippen LogP contribution in [0.15, 0.2) is 34.1 Å². The van der Waals surface area contributed by atoms with Crippen molar-refractivity contribution in [3.63, 3.8) is 0 Å². The van der Waals surface area contributed by atoms with Gasteiger partial charge in [0.05, 0.1) is 10.7 Å². The van der Waals surface area contributed by atoms with Crippen LogP contribution in [0.5, 0.6) is 0 Å². The third kappa shape index (κ3) is 3.64. The van der Waals surface area contributed by atoms with E-state index >= 15 is 0 Å². The van der Waals surface area contributed by atoms with Crippen LogP contribution in [0.2, 0.25) is 0 Å². The molecule has 1 heterocycles. The Kier molecular flexibility index (Phi) is 4.92. The van der Waals surface area contributed by atoms with Crippen LogP contribution in [0.3, 0.4) is 0 Å². The van der Waals surface area contributed by atoms with Crippen molar-refractivity contribution in [3.05, 3.63) is 50.4 Å². The average Bonchev–Trinajstić information content (AvgIpc) is 2.75. The van der Waals surface area contributed by atoms with Crippen molar-refractivity contribution in [3.8, 4) is 0 Å². The largest absolute Gasteiger partial charge is 0.310 e. The van der Waals surface area contributed by atoms with E-state index in [4.69, 9.17) is 0 Å². The summed E-state index contributed by atoms with van der Waals surface area (Å²) in [4.78, 5) is 4.55. The fourth-order valence-corrected chi connectivity index (χ4v) is 2.85. The van der Waals surface area contributed by atoms with Gasteiger partial charge in [0.15, 0.2) is 0 Å². The Balaban J connectivity index is 2.14. The number of likely N-dealkylation sites (N-methyl/N-ethyl adjacent to an activating group) is 1. The number of hydrogen-bond donors (Lipinski definition) is 1. The first-order valence-electron chi connectivity index (χ1n) is 6.09.